The van der Waals surface area contributed by atoms with E-state index in [1.807, 2.05) is 0 Å². The predicted molar refractivity (Wildman–Crippen MR) is 88.2 cm³/mol. The van der Waals surface area contributed by atoms with E-state index in [0.29, 0.717) is 0 Å². The van der Waals surface area contributed by atoms with Gasteiger partial charge in [-0.05, 0) is 55.7 Å². The first-order valence-corrected chi connectivity index (χ1v) is 8.96. The van der Waals surface area contributed by atoms with Crippen LogP contribution in [0.2, 0.25) is 0 Å². The van der Waals surface area contributed by atoms with Crippen LogP contribution in [0.25, 0.3) is 5.57 Å². The molecule has 1 aromatic rings. The quantitative estimate of drug-likeness (QED) is 0.746. The molecule has 3 aliphatic rings. The molecule has 0 N–H and O–H groups in total. The van der Waals surface area contributed by atoms with Crippen molar-refractivity contribution in [2.75, 3.05) is 6.61 Å². The molecule has 0 unspecified atom stereocenters. The van der Waals surface area contributed by atoms with Gasteiger partial charge in [0.2, 0.25) is 0 Å². The average Bonchev–Trinajstić information content (AvgIpc) is 3.26. The molecule has 2 bridgehead atoms. The molecular weight excluding hydrogens is 345 g/mol. The number of hydrogen-bond donors (Lipinski definition) is 0. The first-order valence-electron chi connectivity index (χ1n) is 8.96. The molecular formula is C20H19F3O3. The Morgan fingerprint density at radius 1 is 1.12 bits per heavy atom. The number of Topliss-reactive ketones (excluding diaryl/α,β-unsaturated/α-hetero) is 1. The smallest absolute Gasteiger partial charge is 0.413 e. The maximum Gasteiger partial charge on any atom is 0.413 e. The average molecular weight is 364 g/mol. The second kappa shape index (κ2) is 5.96. The molecule has 3 aliphatic carbocycles. The Bertz CT molecular complexity index is 792. The maximum absolute atomic E-state index is 13.9. The normalized spacial score (nSPS) is 30.1. The van der Waals surface area contributed by atoms with Gasteiger partial charge in [0.25, 0.3) is 0 Å². The first-order chi connectivity index (χ1) is 12.3. The highest BCUT2D eigenvalue weighted by molar-refractivity contribution is 6.25. The summed E-state index contributed by atoms with van der Waals surface area (Å²) >= 11 is 0. The monoisotopic (exact) mass is 364 g/mol. The second-order valence-corrected chi connectivity index (χ2v) is 7.33. The third kappa shape index (κ3) is 2.49. The van der Waals surface area contributed by atoms with Crippen LogP contribution in [-0.4, -0.2) is 24.5 Å². The van der Waals surface area contributed by atoms with Gasteiger partial charge in [0, 0.05) is 23.0 Å². The fourth-order valence-corrected chi connectivity index (χ4v) is 5.17. The molecule has 4 atom stereocenters. The van der Waals surface area contributed by atoms with E-state index in [4.69, 9.17) is 4.74 Å². The van der Waals surface area contributed by atoms with Crippen molar-refractivity contribution >= 4 is 17.3 Å². The van der Waals surface area contributed by atoms with Gasteiger partial charge < -0.3 is 4.74 Å². The summed E-state index contributed by atoms with van der Waals surface area (Å²) in [6, 6.07) is 5.69. The van der Waals surface area contributed by atoms with Gasteiger partial charge in [0.15, 0.2) is 5.78 Å². The van der Waals surface area contributed by atoms with E-state index >= 15 is 0 Å². The Labute approximate surface area is 149 Å². The zero-order valence-corrected chi connectivity index (χ0v) is 14.3. The first kappa shape index (κ1) is 17.3. The van der Waals surface area contributed by atoms with Crippen LogP contribution >= 0.6 is 0 Å². The number of rotatable bonds is 3. The van der Waals surface area contributed by atoms with Gasteiger partial charge in [-0.2, -0.15) is 13.2 Å². The van der Waals surface area contributed by atoms with E-state index in [1.54, 1.807) is 6.92 Å². The topological polar surface area (TPSA) is 43.4 Å². The van der Waals surface area contributed by atoms with E-state index in [0.717, 1.165) is 19.3 Å². The van der Waals surface area contributed by atoms with Gasteiger partial charge in [-0.25, -0.2) is 4.79 Å². The second-order valence-electron chi connectivity index (χ2n) is 7.33. The van der Waals surface area contributed by atoms with Gasteiger partial charge in [-0.15, -0.1) is 0 Å². The number of alkyl halides is 3. The maximum atomic E-state index is 13.9. The molecule has 4 rings (SSSR count). The third-order valence-corrected chi connectivity index (χ3v) is 6.06. The molecule has 138 valence electrons. The lowest BCUT2D eigenvalue weighted by Gasteiger charge is -2.26. The summed E-state index contributed by atoms with van der Waals surface area (Å²) in [5.74, 6) is -2.09. The van der Waals surface area contributed by atoms with E-state index in [9.17, 15) is 22.8 Å². The minimum absolute atomic E-state index is 0.0399. The van der Waals surface area contributed by atoms with Crippen molar-refractivity contribution in [2.45, 2.75) is 32.4 Å². The summed E-state index contributed by atoms with van der Waals surface area (Å²) in [5, 5.41) is 0. The van der Waals surface area contributed by atoms with E-state index in [2.05, 4.69) is 0 Å². The summed E-state index contributed by atoms with van der Waals surface area (Å²) in [6.45, 7) is 1.89. The number of ether oxygens (including phenoxy) is 1. The third-order valence-electron chi connectivity index (χ3n) is 6.06. The number of carbonyl (C=O) groups is 2. The van der Waals surface area contributed by atoms with Crippen LogP contribution in [-0.2, 0) is 9.53 Å². The van der Waals surface area contributed by atoms with Gasteiger partial charge in [-0.3, -0.25) is 4.79 Å². The van der Waals surface area contributed by atoms with Crippen molar-refractivity contribution in [3.05, 3.63) is 41.0 Å². The van der Waals surface area contributed by atoms with Crippen LogP contribution in [0.4, 0.5) is 13.2 Å². The van der Waals surface area contributed by atoms with Crippen molar-refractivity contribution in [1.29, 1.82) is 0 Å². The molecule has 0 amide bonds. The molecule has 26 heavy (non-hydrogen) atoms. The van der Waals surface area contributed by atoms with E-state index in [1.165, 1.54) is 24.3 Å². The number of allylic oxidation sites excluding steroid dienone is 2. The van der Waals surface area contributed by atoms with Gasteiger partial charge in [-0.1, -0.05) is 12.1 Å². The zero-order chi connectivity index (χ0) is 18.6. The standard InChI is InChI=1S/C20H19F3O3/c1-2-26-19(25)11-5-3-10(4-6-11)16-17(20(21,22)23)14-12-7-8-13(9-12)15(14)18(16)24/h3-6,12-15H,2,7-9H2,1H3/t12-,13+,14+,15-/m1/s1. The molecule has 3 nitrogen and oxygen atoms in total. The summed E-state index contributed by atoms with van der Waals surface area (Å²) in [5.41, 5.74) is -0.345. The molecule has 0 heterocycles. The van der Waals surface area contributed by atoms with Crippen molar-refractivity contribution < 1.29 is 27.5 Å². The molecule has 1 aromatic carbocycles. The number of carbonyl (C=O) groups excluding carboxylic acids is 2. The molecule has 0 saturated heterocycles. The number of hydrogen-bond acceptors (Lipinski definition) is 3. The summed E-state index contributed by atoms with van der Waals surface area (Å²) < 4.78 is 46.5. The van der Waals surface area contributed by atoms with Crippen LogP contribution in [0.3, 0.4) is 0 Å². The highest BCUT2D eigenvalue weighted by Crippen LogP contribution is 2.63. The van der Waals surface area contributed by atoms with Crippen LogP contribution in [0.1, 0.15) is 42.1 Å². The molecule has 2 saturated carbocycles. The predicted octanol–water partition coefficient (Wildman–Crippen LogP) is 4.42. The molecule has 0 aromatic heterocycles. The van der Waals surface area contributed by atoms with E-state index in [-0.39, 0.29) is 40.9 Å². The molecule has 0 aliphatic heterocycles. The fraction of sp³-hybridized carbons (Fsp3) is 0.500. The Morgan fingerprint density at radius 3 is 2.31 bits per heavy atom. The molecule has 0 radical (unpaired) electrons. The summed E-state index contributed by atoms with van der Waals surface area (Å²) in [4.78, 5) is 24.6. The summed E-state index contributed by atoms with van der Waals surface area (Å²) in [6.07, 6.45) is -2.17. The lowest BCUT2D eigenvalue weighted by atomic mass is 9.78. The lowest BCUT2D eigenvalue weighted by molar-refractivity contribution is -0.119. The van der Waals surface area contributed by atoms with Crippen LogP contribution < -0.4 is 0 Å². The molecule has 6 heteroatoms. The number of halogens is 3. The highest BCUT2D eigenvalue weighted by Gasteiger charge is 2.62. The van der Waals surface area contributed by atoms with Crippen LogP contribution in [0, 0.1) is 23.7 Å². The number of ketones is 1. The highest BCUT2D eigenvalue weighted by atomic mass is 19.4. The van der Waals surface area contributed by atoms with Crippen molar-refractivity contribution in [3.63, 3.8) is 0 Å². The Balaban J connectivity index is 1.76. The molecule has 0 spiro atoms. The Morgan fingerprint density at radius 2 is 1.73 bits per heavy atom. The summed E-state index contributed by atoms with van der Waals surface area (Å²) in [7, 11) is 0. The Kier molecular flexibility index (Phi) is 3.97. The van der Waals surface area contributed by atoms with Crippen LogP contribution in [0.15, 0.2) is 29.8 Å². The number of benzene rings is 1. The molecule has 2 fully saturated rings. The van der Waals surface area contributed by atoms with E-state index < -0.39 is 29.6 Å². The van der Waals surface area contributed by atoms with Gasteiger partial charge in [0.05, 0.1) is 12.2 Å². The van der Waals surface area contributed by atoms with Crippen molar-refractivity contribution in [3.8, 4) is 0 Å². The van der Waals surface area contributed by atoms with Crippen LogP contribution in [0.5, 0.6) is 0 Å². The number of esters is 1. The fourth-order valence-electron chi connectivity index (χ4n) is 5.17. The van der Waals surface area contributed by atoms with Gasteiger partial charge >= 0.3 is 12.1 Å². The van der Waals surface area contributed by atoms with Crippen molar-refractivity contribution in [1.82, 2.24) is 0 Å². The SMILES string of the molecule is CCOC(=O)c1ccc(C2=C(C(F)(F)F)[C@H]3[C@@H]4CC[C@@H](C4)[C@H]3C2=O)cc1. The lowest BCUT2D eigenvalue weighted by Crippen LogP contribution is -2.28. The van der Waals surface area contributed by atoms with Gasteiger partial charge in [0.1, 0.15) is 0 Å². The van der Waals surface area contributed by atoms with Crippen molar-refractivity contribution in [2.24, 2.45) is 23.7 Å². The number of fused-ring (bicyclic) bond motifs is 5. The minimum Gasteiger partial charge on any atom is -0.462 e. The largest absolute Gasteiger partial charge is 0.462 e. The Hall–Kier alpha value is -2.11. The minimum atomic E-state index is -4.52. The zero-order valence-electron chi connectivity index (χ0n) is 14.3.